The molecule has 9 heterocycles. The van der Waals surface area contributed by atoms with E-state index in [2.05, 4.69) is 39.1 Å². The van der Waals surface area contributed by atoms with Crippen molar-refractivity contribution in [2.75, 3.05) is 37.5 Å². The second-order valence-corrected chi connectivity index (χ2v) is 41.3. The van der Waals surface area contributed by atoms with Crippen LogP contribution in [0.5, 0.6) is 0 Å². The summed E-state index contributed by atoms with van der Waals surface area (Å²) >= 11 is 10.1. The highest BCUT2D eigenvalue weighted by Gasteiger charge is 2.58. The number of nitrogens with one attached hydrogen (secondary N) is 1. The number of carbonyl (C=O) groups is 4. The number of anilines is 2. The van der Waals surface area contributed by atoms with Crippen molar-refractivity contribution < 1.29 is 141 Å². The normalized spacial score (nSPS) is 28.1. The number of nitrogens with zero attached hydrogens (tertiary/aromatic N) is 8. The number of hydrogen-bond donors (Lipinski definition) is 8. The molecule has 5 fully saturated rings. The number of aliphatic hydroxyl groups is 2. The van der Waals surface area contributed by atoms with Crippen LogP contribution in [0.3, 0.4) is 0 Å². The van der Waals surface area contributed by atoms with Crippen molar-refractivity contribution in [2.45, 2.75) is 269 Å². The molecule has 0 saturated carbocycles. The lowest BCUT2D eigenvalue weighted by atomic mass is 9.77. The molecule has 128 heavy (non-hydrogen) atoms. The first-order valence-corrected chi connectivity index (χ1v) is 50.7. The SMILES string of the molecule is CCCCCCCCC(=O)OC[C@H](F)C1O[C@@H](OP(=O)(O)OP(O)(=S)OC[C@H]2O[C@@H](n3cnc4c(N)ncnc43)C(O)[C@H]2O)C(OC(C)=O)[C@@H](C)[C@@H]1C.CCCCCCCCC(=O)OC[C@H](F)C1O[C@@H](OP(=O)(O)OP(O)(=S)OC[C@H]2O[C@@H](n3cnc4c(NC(c5ccccc5)(c5ccccc5)c5ccccc5)ncnc43)C3OC(C)(C)O[C@H]32)C(OC(C)=O)[C@@H](C)[C@@H]1C. The van der Waals surface area contributed by atoms with E-state index in [1.165, 1.54) is 23.5 Å². The molecule has 46 heteroatoms. The highest BCUT2D eigenvalue weighted by molar-refractivity contribution is 8.08. The Hall–Kier alpha value is -6.86. The Morgan fingerprint density at radius 1 is 0.547 bits per heavy atom. The van der Waals surface area contributed by atoms with E-state index in [4.69, 9.17) is 113 Å². The van der Waals surface area contributed by atoms with Crippen molar-refractivity contribution in [3.05, 3.63) is 133 Å². The zero-order valence-corrected chi connectivity index (χ0v) is 77.6. The Morgan fingerprint density at radius 3 is 1.41 bits per heavy atom. The molecule has 10 unspecified atom stereocenters. The Balaban J connectivity index is 0.000000264. The average Bonchev–Trinajstić information content (AvgIpc) is 1.55. The van der Waals surface area contributed by atoms with Crippen molar-refractivity contribution in [2.24, 2.45) is 23.7 Å². The molecule has 706 valence electrons. The number of rotatable bonds is 43. The van der Waals surface area contributed by atoms with Crippen molar-refractivity contribution in [3.63, 3.8) is 0 Å². The van der Waals surface area contributed by atoms with E-state index in [9.17, 15) is 58.1 Å². The van der Waals surface area contributed by atoms with E-state index in [0.717, 1.165) is 94.7 Å². The maximum atomic E-state index is 15.9. The summed E-state index contributed by atoms with van der Waals surface area (Å²) in [5.74, 6) is -6.12. The van der Waals surface area contributed by atoms with E-state index in [-0.39, 0.29) is 29.8 Å². The second-order valence-electron chi connectivity index (χ2n) is 32.6. The first-order chi connectivity index (χ1) is 60.8. The minimum Gasteiger partial charge on any atom is -0.462 e. The Morgan fingerprint density at radius 2 is 0.953 bits per heavy atom. The molecule has 12 rings (SSSR count). The minimum atomic E-state index is -5.47. The molecule has 9 N–H and O–H groups in total. The van der Waals surface area contributed by atoms with Crippen molar-refractivity contribution in [1.29, 1.82) is 0 Å². The molecule has 4 aromatic heterocycles. The van der Waals surface area contributed by atoms with Gasteiger partial charge in [-0.15, -0.1) is 0 Å². The third-order valence-electron chi connectivity index (χ3n) is 22.8. The van der Waals surface area contributed by atoms with Gasteiger partial charge in [-0.1, -0.05) is 197 Å². The van der Waals surface area contributed by atoms with Crippen LogP contribution in [0.2, 0.25) is 0 Å². The van der Waals surface area contributed by atoms with Crippen LogP contribution < -0.4 is 11.1 Å². The number of alkyl halides is 2. The maximum Gasteiger partial charge on any atom is 0.481 e. The second kappa shape index (κ2) is 45.2. The molecule has 5 aliphatic heterocycles. The van der Waals surface area contributed by atoms with Crippen molar-refractivity contribution in [3.8, 4) is 0 Å². The molecule has 24 atom stereocenters. The van der Waals surface area contributed by atoms with Gasteiger partial charge in [-0.05, 0) is 78.8 Å². The number of ether oxygens (including phenoxy) is 10. The summed E-state index contributed by atoms with van der Waals surface area (Å²) in [6.07, 6.45) is -5.21. The lowest BCUT2D eigenvalue weighted by Gasteiger charge is -2.44. The number of esters is 4. The van der Waals surface area contributed by atoms with Gasteiger partial charge in [0.05, 0.1) is 38.1 Å². The molecular formula is C82H114F2N10O28P4S2. The molecule has 3 aromatic carbocycles. The van der Waals surface area contributed by atoms with Crippen LogP contribution in [-0.4, -0.2) is 211 Å². The monoisotopic (exact) mass is 1910 g/mol. The zero-order valence-electron chi connectivity index (χ0n) is 72.4. The number of fused-ring (bicyclic) bond motifs is 3. The predicted octanol–water partition coefficient (Wildman–Crippen LogP) is 12.5. The molecule has 38 nitrogen and oxygen atoms in total. The lowest BCUT2D eigenvalue weighted by molar-refractivity contribution is -0.262. The van der Waals surface area contributed by atoms with Crippen LogP contribution in [0.1, 0.15) is 188 Å². The van der Waals surface area contributed by atoms with Crippen LogP contribution in [0.4, 0.5) is 20.4 Å². The quantitative estimate of drug-likeness (QED) is 0.00578. The zero-order chi connectivity index (χ0) is 92.6. The first-order valence-electron chi connectivity index (χ1n) is 42.5. The van der Waals surface area contributed by atoms with Gasteiger partial charge in [0.25, 0.3) is 0 Å². The molecule has 0 bridgehead atoms. The van der Waals surface area contributed by atoms with Gasteiger partial charge < -0.3 is 97.3 Å². The van der Waals surface area contributed by atoms with Crippen molar-refractivity contribution >= 4 is 111 Å². The number of carbonyl (C=O) groups excluding carboxylic acids is 4. The summed E-state index contributed by atoms with van der Waals surface area (Å²) < 4.78 is 150. The summed E-state index contributed by atoms with van der Waals surface area (Å²) in [6.45, 7) is 4.34. The smallest absolute Gasteiger partial charge is 0.462 e. The van der Waals surface area contributed by atoms with Gasteiger partial charge in [0, 0.05) is 38.5 Å². The summed E-state index contributed by atoms with van der Waals surface area (Å²) in [7, 11) is -10.9. The molecule has 7 aromatic rings. The molecule has 0 aliphatic carbocycles. The molecule has 0 spiro atoms. The fourth-order valence-electron chi connectivity index (χ4n) is 16.1. The number of halogens is 2. The number of nitrogen functional groups attached to an aromatic ring is 1. The van der Waals surface area contributed by atoms with Gasteiger partial charge in [-0.2, -0.15) is 0 Å². The van der Waals surface area contributed by atoms with E-state index in [1.807, 2.05) is 91.0 Å². The Bertz CT molecular complexity index is 4940. The van der Waals surface area contributed by atoms with Crippen LogP contribution in [-0.2, 0) is 132 Å². The number of aromatic nitrogens is 8. The minimum absolute atomic E-state index is 0.0665. The van der Waals surface area contributed by atoms with Crippen LogP contribution in [0, 0.1) is 23.7 Å². The van der Waals surface area contributed by atoms with Crippen LogP contribution in [0.15, 0.2) is 116 Å². The standard InChI is InChI=1S/C52H66FN5O14P2S.C30H48FN5O14P2S/c1-7-8-9-10-11-21-28-41(60)64-29-39(53)43-33(2)34(3)44(66-35(4)59)50(68-43)71-73(61,62)72-74(63,75)65-30-40-45-46(70-51(5,6)69-45)49(67-40)58-32-56-42-47(54-31-55-48(42)58)57-52(36-22-15-12-16-23-36,37-24-17-13-18-25-37)38-26-19-14-20-27-38;1-5-6-7-8-9-10-11-21(38)44-12-19(31)25-16(2)17(3)26(46-18(4)37)30(48-25)49-51(41,42)50-52(43,53)45-13-20-23(39)24(40)29(47-20)36-15-35-22-27(32)33-14-34-28(22)36/h12-20,22-27,31-34,39-40,43-46,49-50H,7-11,21,28-30H2,1-6H3,(H,61,62)(H,63,75)(H,54,55,57);14-17,19-20,23-26,29-30,39-40H,5-13H2,1-4H3,(H,41,42)(H,43,53)(H2,32,33,34)/t33-,34-,39-,40+,43?,44?,45-,46?,49+,50-,74?;16-,17-,19-,20+,23-,24?,25?,26?,29+,30-,52?/m00/s1. The number of hydrogen-bond acceptors (Lipinski definition) is 34. The highest BCUT2D eigenvalue weighted by atomic mass is 32.5. The van der Waals surface area contributed by atoms with Gasteiger partial charge >= 0.3 is 53.0 Å². The van der Waals surface area contributed by atoms with E-state index < -0.39 is 213 Å². The maximum absolute atomic E-state index is 15.9. The third-order valence-corrected chi connectivity index (χ3v) is 29.9. The topological polar surface area (TPSA) is 497 Å². The number of phosphoric ester groups is 2. The van der Waals surface area contributed by atoms with Gasteiger partial charge in [0.1, 0.15) is 73.5 Å². The Labute approximate surface area is 749 Å². The summed E-state index contributed by atoms with van der Waals surface area (Å²) in [5, 5.41) is 25.1. The fraction of sp³-hybridized carbons (Fsp3) is 0.610. The fourth-order valence-corrected chi connectivity index (χ4v) is 22.3. The van der Waals surface area contributed by atoms with E-state index >= 15 is 8.78 Å². The molecule has 0 radical (unpaired) electrons. The summed E-state index contributed by atoms with van der Waals surface area (Å²) in [5.41, 5.74) is 8.91. The number of imidazole rings is 2. The number of phosphoric acid groups is 2. The van der Waals surface area contributed by atoms with E-state index in [1.54, 1.807) is 52.4 Å². The highest BCUT2D eigenvalue weighted by Crippen LogP contribution is 2.64. The number of nitrogens with two attached hydrogens (primary N) is 1. The summed E-state index contributed by atoms with van der Waals surface area (Å²) in [4.78, 5) is 119. The van der Waals surface area contributed by atoms with Crippen LogP contribution >= 0.6 is 29.1 Å². The Kier molecular flexibility index (Phi) is 35.9. The van der Waals surface area contributed by atoms with Gasteiger partial charge in [-0.25, -0.2) is 56.4 Å². The molecule has 0 amide bonds. The number of aliphatic hydroxyl groups excluding tert-OH is 2. The van der Waals surface area contributed by atoms with Gasteiger partial charge in [0.2, 0.25) is 12.6 Å². The average molecular weight is 1910 g/mol. The summed E-state index contributed by atoms with van der Waals surface area (Å²) in [6, 6.07) is 30.0. The largest absolute Gasteiger partial charge is 0.481 e. The van der Waals surface area contributed by atoms with Crippen LogP contribution in [0.25, 0.3) is 22.3 Å². The molecule has 5 saturated heterocycles. The predicted molar refractivity (Wildman–Crippen MR) is 463 cm³/mol. The van der Waals surface area contributed by atoms with Gasteiger partial charge in [0.15, 0.2) is 71.2 Å². The third kappa shape index (κ3) is 26.2. The molecular weight excluding hydrogens is 1800 g/mol. The number of benzene rings is 3. The first kappa shape index (κ1) is 102. The lowest BCUT2D eigenvalue weighted by Crippen LogP contribution is -2.55. The number of unbranched alkanes of at least 4 members (excludes halogenated alkanes) is 10. The van der Waals surface area contributed by atoms with Gasteiger partial charge in [-0.3, -0.25) is 37.4 Å². The van der Waals surface area contributed by atoms with Crippen molar-refractivity contribution in [1.82, 2.24) is 39.0 Å². The van der Waals surface area contributed by atoms with E-state index in [0.29, 0.717) is 29.8 Å². The molecule has 5 aliphatic rings.